The van der Waals surface area contributed by atoms with E-state index in [-0.39, 0.29) is 12.6 Å². The van der Waals surface area contributed by atoms with E-state index in [1.807, 2.05) is 18.3 Å². The Labute approximate surface area is 138 Å². The Morgan fingerprint density at radius 3 is 2.73 bits per heavy atom. The lowest BCUT2D eigenvalue weighted by atomic mass is 9.74. The molecule has 0 spiro atoms. The van der Waals surface area contributed by atoms with Crippen LogP contribution in [0.15, 0.2) is 22.9 Å². The third-order valence-electron chi connectivity index (χ3n) is 4.68. The molecule has 1 aromatic rings. The van der Waals surface area contributed by atoms with E-state index in [4.69, 9.17) is 9.47 Å². The molecule has 2 saturated heterocycles. The number of methoxy groups -OCH3 is 1. The molecular weight excluding hydrogens is 348 g/mol. The van der Waals surface area contributed by atoms with Crippen LogP contribution in [0.5, 0.6) is 0 Å². The van der Waals surface area contributed by atoms with Crippen molar-refractivity contribution in [3.8, 4) is 0 Å². The average Bonchev–Trinajstić information content (AvgIpc) is 2.53. The molecule has 3 heterocycles. The van der Waals surface area contributed by atoms with Crippen LogP contribution in [0.25, 0.3) is 0 Å². The van der Waals surface area contributed by atoms with Gasteiger partial charge in [0.15, 0.2) is 0 Å². The number of ether oxygens (including phenoxy) is 2. The zero-order chi connectivity index (χ0) is 15.6. The number of esters is 1. The molecule has 2 unspecified atom stereocenters. The second-order valence-electron chi connectivity index (χ2n) is 6.13. The van der Waals surface area contributed by atoms with Gasteiger partial charge in [0.25, 0.3) is 0 Å². The highest BCUT2D eigenvalue weighted by Gasteiger charge is 2.44. The van der Waals surface area contributed by atoms with E-state index in [0.717, 1.165) is 35.8 Å². The highest BCUT2D eigenvalue weighted by Crippen LogP contribution is 2.42. The number of halogens is 1. The number of carbonyl (C=O) groups is 1. The molecule has 2 aliphatic heterocycles. The average molecular weight is 369 g/mol. The second kappa shape index (κ2) is 6.64. The number of nitrogens with zero attached hydrogens (tertiary/aromatic N) is 1. The molecule has 5 nitrogen and oxygen atoms in total. The van der Waals surface area contributed by atoms with Crippen molar-refractivity contribution >= 4 is 21.9 Å². The fourth-order valence-corrected chi connectivity index (χ4v) is 3.88. The van der Waals surface area contributed by atoms with Crippen LogP contribution in [0.1, 0.15) is 37.7 Å². The van der Waals surface area contributed by atoms with Crippen molar-refractivity contribution in [3.63, 3.8) is 0 Å². The Kier molecular flexibility index (Phi) is 4.80. The van der Waals surface area contributed by atoms with Gasteiger partial charge in [-0.1, -0.05) is 12.5 Å². The number of fused-ring (bicyclic) bond motifs is 2. The minimum Gasteiger partial charge on any atom is -0.467 e. The van der Waals surface area contributed by atoms with Crippen molar-refractivity contribution in [2.24, 2.45) is 0 Å². The first kappa shape index (κ1) is 15.9. The first-order valence-electron chi connectivity index (χ1n) is 7.70. The number of rotatable bonds is 4. The predicted molar refractivity (Wildman–Crippen MR) is 85.4 cm³/mol. The molecule has 2 aliphatic rings. The van der Waals surface area contributed by atoms with Gasteiger partial charge in [-0.05, 0) is 47.7 Å². The quantitative estimate of drug-likeness (QED) is 0.653. The third-order valence-corrected chi connectivity index (χ3v) is 5.15. The molecule has 120 valence electrons. The van der Waals surface area contributed by atoms with E-state index < -0.39 is 5.60 Å². The van der Waals surface area contributed by atoms with E-state index in [2.05, 4.69) is 26.2 Å². The van der Waals surface area contributed by atoms with Gasteiger partial charge in [-0.2, -0.15) is 0 Å². The Morgan fingerprint density at radius 1 is 1.41 bits per heavy atom. The first-order chi connectivity index (χ1) is 10.6. The lowest BCUT2D eigenvalue weighted by molar-refractivity contribution is -0.159. The molecule has 0 aliphatic carbocycles. The normalized spacial score (nSPS) is 30.8. The van der Waals surface area contributed by atoms with Crippen LogP contribution in [0.4, 0.5) is 0 Å². The number of hydrogen-bond acceptors (Lipinski definition) is 5. The van der Waals surface area contributed by atoms with E-state index >= 15 is 0 Å². The maximum atomic E-state index is 11.5. The molecule has 6 heteroatoms. The van der Waals surface area contributed by atoms with Crippen LogP contribution in [-0.4, -0.2) is 36.8 Å². The largest absolute Gasteiger partial charge is 0.467 e. The molecule has 0 amide bonds. The van der Waals surface area contributed by atoms with E-state index in [9.17, 15) is 4.79 Å². The predicted octanol–water partition coefficient (Wildman–Crippen LogP) is 2.53. The minimum absolute atomic E-state index is 0.0218. The summed E-state index contributed by atoms with van der Waals surface area (Å²) >= 11 is 3.37. The number of hydrogen-bond donors (Lipinski definition) is 1. The van der Waals surface area contributed by atoms with Crippen LogP contribution < -0.4 is 5.32 Å². The molecule has 2 bridgehead atoms. The third kappa shape index (κ3) is 3.34. The lowest BCUT2D eigenvalue weighted by Crippen LogP contribution is -2.55. The van der Waals surface area contributed by atoms with Crippen LogP contribution in [0, 0.1) is 0 Å². The lowest BCUT2D eigenvalue weighted by Gasteiger charge is -2.47. The Hall–Kier alpha value is -0.980. The number of pyridine rings is 1. The molecule has 1 aromatic heterocycles. The van der Waals surface area contributed by atoms with E-state index in [0.29, 0.717) is 12.1 Å². The molecular formula is C16H21BrN2O3. The molecule has 22 heavy (non-hydrogen) atoms. The summed E-state index contributed by atoms with van der Waals surface area (Å²) in [6.07, 6.45) is 7.15. The summed E-state index contributed by atoms with van der Waals surface area (Å²) in [5, 5.41) is 3.66. The monoisotopic (exact) mass is 368 g/mol. The summed E-state index contributed by atoms with van der Waals surface area (Å²) < 4.78 is 11.6. The van der Waals surface area contributed by atoms with Gasteiger partial charge in [-0.3, -0.25) is 0 Å². The van der Waals surface area contributed by atoms with Crippen molar-refractivity contribution in [3.05, 3.63) is 28.5 Å². The zero-order valence-electron chi connectivity index (χ0n) is 12.7. The molecule has 3 rings (SSSR count). The molecule has 0 aromatic carbocycles. The van der Waals surface area contributed by atoms with Gasteiger partial charge in [0, 0.05) is 23.8 Å². The van der Waals surface area contributed by atoms with Crippen molar-refractivity contribution in [2.75, 3.05) is 13.7 Å². The number of carbonyl (C=O) groups excluding carboxylic acids is 1. The smallest absolute Gasteiger partial charge is 0.331 e. The van der Waals surface area contributed by atoms with Gasteiger partial charge in [0.2, 0.25) is 0 Å². The maximum absolute atomic E-state index is 11.5. The summed E-state index contributed by atoms with van der Waals surface area (Å²) in [7, 11) is 1.39. The van der Waals surface area contributed by atoms with Gasteiger partial charge in [-0.25, -0.2) is 9.78 Å². The zero-order valence-corrected chi connectivity index (χ0v) is 14.3. The first-order valence-corrected chi connectivity index (χ1v) is 8.49. The van der Waals surface area contributed by atoms with Crippen LogP contribution in [0.3, 0.4) is 0 Å². The Bertz CT molecular complexity index is 523. The molecule has 2 atom stereocenters. The standard InChI is InChI=1S/C16H21BrN2O3/c1-21-15(20)10-22-16(11-5-6-14(17)18-9-11)7-12-3-2-4-13(8-16)19-12/h5-6,9,12-13,19H,2-4,7-8,10H2,1H3. The van der Waals surface area contributed by atoms with Gasteiger partial charge in [-0.15, -0.1) is 0 Å². The summed E-state index contributed by atoms with van der Waals surface area (Å²) in [4.78, 5) is 15.9. The van der Waals surface area contributed by atoms with Crippen molar-refractivity contribution in [1.29, 1.82) is 0 Å². The highest BCUT2D eigenvalue weighted by atomic mass is 79.9. The molecule has 2 fully saturated rings. The summed E-state index contributed by atoms with van der Waals surface area (Å²) in [5.41, 5.74) is 0.584. The van der Waals surface area contributed by atoms with Crippen LogP contribution >= 0.6 is 15.9 Å². The summed E-state index contributed by atoms with van der Waals surface area (Å²) in [5.74, 6) is -0.340. The van der Waals surface area contributed by atoms with Gasteiger partial charge in [0.1, 0.15) is 11.2 Å². The summed E-state index contributed by atoms with van der Waals surface area (Å²) in [6.45, 7) is -0.0218. The summed E-state index contributed by atoms with van der Waals surface area (Å²) in [6, 6.07) is 4.84. The fraction of sp³-hybridized carbons (Fsp3) is 0.625. The number of piperidine rings is 2. The molecule has 0 saturated carbocycles. The van der Waals surface area contributed by atoms with Gasteiger partial charge in [0.05, 0.1) is 12.7 Å². The van der Waals surface area contributed by atoms with Crippen LogP contribution in [0.2, 0.25) is 0 Å². The van der Waals surface area contributed by atoms with E-state index in [1.165, 1.54) is 13.5 Å². The van der Waals surface area contributed by atoms with Crippen molar-refractivity contribution in [1.82, 2.24) is 10.3 Å². The highest BCUT2D eigenvalue weighted by molar-refractivity contribution is 9.10. The fourth-order valence-electron chi connectivity index (χ4n) is 3.65. The molecule has 0 radical (unpaired) electrons. The Balaban J connectivity index is 1.87. The van der Waals surface area contributed by atoms with Crippen molar-refractivity contribution in [2.45, 2.75) is 49.8 Å². The SMILES string of the molecule is COC(=O)COC1(c2ccc(Br)nc2)CC2CCCC(C1)N2. The minimum atomic E-state index is -0.455. The number of aromatic nitrogens is 1. The van der Waals surface area contributed by atoms with Crippen molar-refractivity contribution < 1.29 is 14.3 Å². The molecule has 1 N–H and O–H groups in total. The number of nitrogens with one attached hydrogen (secondary N) is 1. The van der Waals surface area contributed by atoms with E-state index in [1.54, 1.807) is 0 Å². The topological polar surface area (TPSA) is 60.5 Å². The van der Waals surface area contributed by atoms with Gasteiger partial charge >= 0.3 is 5.97 Å². The maximum Gasteiger partial charge on any atom is 0.331 e. The second-order valence-corrected chi connectivity index (χ2v) is 6.94. The van der Waals surface area contributed by atoms with Crippen LogP contribution in [-0.2, 0) is 19.9 Å². The Morgan fingerprint density at radius 2 is 2.14 bits per heavy atom. The van der Waals surface area contributed by atoms with Gasteiger partial charge < -0.3 is 14.8 Å².